The van der Waals surface area contributed by atoms with Crippen LogP contribution in [0.4, 0.5) is 5.69 Å². The van der Waals surface area contributed by atoms with Gasteiger partial charge in [-0.2, -0.15) is 12.7 Å². The fourth-order valence-electron chi connectivity index (χ4n) is 1.54. The van der Waals surface area contributed by atoms with E-state index in [0.29, 0.717) is 6.54 Å². The molecule has 0 spiro atoms. The SMILES string of the molecule is CCn1cc(NS(=O)(=O)N(C)CCC(=O)OC)ccc1=O. The number of anilines is 1. The Morgan fingerprint density at radius 3 is 2.67 bits per heavy atom. The van der Waals surface area contributed by atoms with Gasteiger partial charge in [-0.3, -0.25) is 14.3 Å². The second-order valence-corrected chi connectivity index (χ2v) is 6.07. The zero-order valence-electron chi connectivity index (χ0n) is 12.2. The minimum Gasteiger partial charge on any atom is -0.469 e. The zero-order chi connectivity index (χ0) is 16.0. The average Bonchev–Trinajstić information content (AvgIpc) is 2.45. The number of rotatable bonds is 7. The van der Waals surface area contributed by atoms with Gasteiger partial charge >= 0.3 is 16.2 Å². The number of hydrogen-bond donors (Lipinski definition) is 1. The van der Waals surface area contributed by atoms with E-state index >= 15 is 0 Å². The Morgan fingerprint density at radius 1 is 1.43 bits per heavy atom. The summed E-state index contributed by atoms with van der Waals surface area (Å²) in [7, 11) is -1.21. The van der Waals surface area contributed by atoms with Crippen molar-refractivity contribution in [2.75, 3.05) is 25.4 Å². The standard InChI is InChI=1S/C12H19N3O5S/c1-4-15-9-10(5-6-11(15)16)13-21(18,19)14(2)8-7-12(17)20-3/h5-6,9,13H,4,7-8H2,1-3H3. The van der Waals surface area contributed by atoms with E-state index in [1.54, 1.807) is 6.92 Å². The predicted octanol–water partition coefficient (Wildman–Crippen LogP) is 0.0198. The van der Waals surface area contributed by atoms with E-state index in [4.69, 9.17) is 0 Å². The first kappa shape index (κ1) is 17.2. The van der Waals surface area contributed by atoms with Crippen LogP contribution in [0.3, 0.4) is 0 Å². The molecule has 8 nitrogen and oxygen atoms in total. The van der Waals surface area contributed by atoms with Crippen molar-refractivity contribution >= 4 is 21.9 Å². The number of pyridine rings is 1. The number of nitrogens with one attached hydrogen (secondary N) is 1. The Hall–Kier alpha value is -1.87. The molecule has 1 N–H and O–H groups in total. The highest BCUT2D eigenvalue weighted by Crippen LogP contribution is 2.09. The quantitative estimate of drug-likeness (QED) is 0.715. The van der Waals surface area contributed by atoms with Gasteiger partial charge in [-0.05, 0) is 13.0 Å². The smallest absolute Gasteiger partial charge is 0.306 e. The first-order valence-electron chi connectivity index (χ1n) is 6.31. The van der Waals surface area contributed by atoms with E-state index in [0.717, 1.165) is 4.31 Å². The van der Waals surface area contributed by atoms with Crippen LogP contribution >= 0.6 is 0 Å². The molecule has 9 heteroatoms. The second kappa shape index (κ2) is 7.23. The highest BCUT2D eigenvalue weighted by Gasteiger charge is 2.18. The Bertz CT molecular complexity index is 653. The van der Waals surface area contributed by atoms with Gasteiger partial charge < -0.3 is 9.30 Å². The summed E-state index contributed by atoms with van der Waals surface area (Å²) in [6.45, 7) is 2.21. The van der Waals surface area contributed by atoms with Crippen molar-refractivity contribution in [3.8, 4) is 0 Å². The van der Waals surface area contributed by atoms with Crippen molar-refractivity contribution in [2.45, 2.75) is 19.9 Å². The number of methoxy groups -OCH3 is 1. The van der Waals surface area contributed by atoms with Gasteiger partial charge in [0.25, 0.3) is 5.56 Å². The fourth-order valence-corrected chi connectivity index (χ4v) is 2.44. The number of aryl methyl sites for hydroxylation is 1. The molecular formula is C12H19N3O5S. The predicted molar refractivity (Wildman–Crippen MR) is 78.2 cm³/mol. The Kier molecular flexibility index (Phi) is 5.91. The van der Waals surface area contributed by atoms with Gasteiger partial charge in [0, 0.05) is 32.4 Å². The number of nitrogens with zero attached hydrogens (tertiary/aromatic N) is 2. The van der Waals surface area contributed by atoms with Gasteiger partial charge in [-0.1, -0.05) is 0 Å². The van der Waals surface area contributed by atoms with E-state index in [1.165, 1.54) is 37.1 Å². The first-order valence-corrected chi connectivity index (χ1v) is 7.75. The maximum Gasteiger partial charge on any atom is 0.306 e. The molecule has 0 aliphatic carbocycles. The van der Waals surface area contributed by atoms with E-state index in [2.05, 4.69) is 9.46 Å². The molecule has 0 aliphatic rings. The molecule has 0 bridgehead atoms. The molecule has 0 radical (unpaired) electrons. The minimum atomic E-state index is -3.79. The van der Waals surface area contributed by atoms with Crippen molar-refractivity contribution in [2.24, 2.45) is 0 Å². The summed E-state index contributed by atoms with van der Waals surface area (Å²) >= 11 is 0. The lowest BCUT2D eigenvalue weighted by molar-refractivity contribution is -0.140. The molecule has 0 saturated heterocycles. The molecule has 0 aliphatic heterocycles. The number of esters is 1. The van der Waals surface area contributed by atoms with E-state index in [9.17, 15) is 18.0 Å². The van der Waals surface area contributed by atoms with Crippen LogP contribution in [0, 0.1) is 0 Å². The number of carbonyl (C=O) groups is 1. The Morgan fingerprint density at radius 2 is 2.10 bits per heavy atom. The average molecular weight is 317 g/mol. The lowest BCUT2D eigenvalue weighted by atomic mass is 10.4. The normalized spacial score (nSPS) is 11.4. The molecule has 21 heavy (non-hydrogen) atoms. The third-order valence-corrected chi connectivity index (χ3v) is 4.34. The molecule has 1 heterocycles. The molecule has 1 aromatic heterocycles. The molecule has 0 unspecified atom stereocenters. The maximum atomic E-state index is 12.1. The third kappa shape index (κ3) is 4.87. The molecule has 0 amide bonds. The highest BCUT2D eigenvalue weighted by molar-refractivity contribution is 7.90. The van der Waals surface area contributed by atoms with E-state index in [-0.39, 0.29) is 24.2 Å². The Balaban J connectivity index is 2.80. The van der Waals surface area contributed by atoms with Crippen molar-refractivity contribution in [1.82, 2.24) is 8.87 Å². The van der Waals surface area contributed by atoms with Crippen LogP contribution in [0.1, 0.15) is 13.3 Å². The van der Waals surface area contributed by atoms with E-state index < -0.39 is 16.2 Å². The monoisotopic (exact) mass is 317 g/mol. The third-order valence-electron chi connectivity index (χ3n) is 2.84. The lowest BCUT2D eigenvalue weighted by Crippen LogP contribution is -2.34. The zero-order valence-corrected chi connectivity index (χ0v) is 13.0. The van der Waals surface area contributed by atoms with E-state index in [1.807, 2.05) is 0 Å². The molecule has 1 rings (SSSR count). The topological polar surface area (TPSA) is 97.7 Å². The van der Waals surface area contributed by atoms with Gasteiger partial charge in [0.1, 0.15) is 0 Å². The summed E-state index contributed by atoms with van der Waals surface area (Å²) < 4.78 is 33.3. The summed E-state index contributed by atoms with van der Waals surface area (Å²) in [5, 5.41) is 0. The molecule has 0 fully saturated rings. The van der Waals surface area contributed by atoms with Crippen LogP contribution in [0.25, 0.3) is 0 Å². The number of ether oxygens (including phenoxy) is 1. The first-order chi connectivity index (χ1) is 9.80. The van der Waals surface area contributed by atoms with Crippen LogP contribution in [0.5, 0.6) is 0 Å². The van der Waals surface area contributed by atoms with Crippen LogP contribution < -0.4 is 10.3 Å². The summed E-state index contributed by atoms with van der Waals surface area (Å²) in [4.78, 5) is 22.5. The van der Waals surface area contributed by atoms with Crippen molar-refractivity contribution < 1.29 is 17.9 Å². The van der Waals surface area contributed by atoms with Crippen LogP contribution in [0.15, 0.2) is 23.1 Å². The van der Waals surface area contributed by atoms with Crippen LogP contribution in [0.2, 0.25) is 0 Å². The van der Waals surface area contributed by atoms with Gasteiger partial charge in [0.05, 0.1) is 19.2 Å². The number of carbonyl (C=O) groups excluding carboxylic acids is 1. The highest BCUT2D eigenvalue weighted by atomic mass is 32.2. The summed E-state index contributed by atoms with van der Waals surface area (Å²) in [6, 6.07) is 2.68. The van der Waals surface area contributed by atoms with Crippen molar-refractivity contribution in [3.05, 3.63) is 28.7 Å². The van der Waals surface area contributed by atoms with Gasteiger partial charge in [-0.15, -0.1) is 0 Å². The number of hydrogen-bond acceptors (Lipinski definition) is 5. The summed E-state index contributed by atoms with van der Waals surface area (Å²) in [6.07, 6.45) is 1.39. The molecule has 1 aromatic rings. The fraction of sp³-hybridized carbons (Fsp3) is 0.500. The molecule has 0 aromatic carbocycles. The maximum absolute atomic E-state index is 12.1. The van der Waals surface area contributed by atoms with Gasteiger partial charge in [0.15, 0.2) is 0 Å². The van der Waals surface area contributed by atoms with Crippen LogP contribution in [-0.2, 0) is 26.3 Å². The summed E-state index contributed by atoms with van der Waals surface area (Å²) in [5.41, 5.74) is 0.0702. The number of aromatic nitrogens is 1. The largest absolute Gasteiger partial charge is 0.469 e. The molecule has 0 atom stereocenters. The van der Waals surface area contributed by atoms with Gasteiger partial charge in [-0.25, -0.2) is 0 Å². The Labute approximate surface area is 123 Å². The summed E-state index contributed by atoms with van der Waals surface area (Å²) in [5.74, 6) is -0.489. The second-order valence-electron chi connectivity index (χ2n) is 4.30. The van der Waals surface area contributed by atoms with Crippen molar-refractivity contribution in [1.29, 1.82) is 0 Å². The molecular weight excluding hydrogens is 298 g/mol. The van der Waals surface area contributed by atoms with Gasteiger partial charge in [0.2, 0.25) is 0 Å². The molecule has 0 saturated carbocycles. The molecule has 118 valence electrons. The van der Waals surface area contributed by atoms with Crippen LogP contribution in [-0.4, -0.2) is 44.0 Å². The van der Waals surface area contributed by atoms with Crippen molar-refractivity contribution in [3.63, 3.8) is 0 Å². The lowest BCUT2D eigenvalue weighted by Gasteiger charge is -2.18. The minimum absolute atomic E-state index is 0.00454.